The van der Waals surface area contributed by atoms with Gasteiger partial charge in [-0.3, -0.25) is 4.79 Å². The summed E-state index contributed by atoms with van der Waals surface area (Å²) in [5, 5.41) is 0. The van der Waals surface area contributed by atoms with Gasteiger partial charge in [-0.25, -0.2) is 8.42 Å². The molecule has 0 N–H and O–H groups in total. The first kappa shape index (κ1) is 14.7. The third-order valence-electron chi connectivity index (χ3n) is 2.79. The Morgan fingerprint density at radius 2 is 1.83 bits per heavy atom. The van der Waals surface area contributed by atoms with E-state index in [-0.39, 0.29) is 23.2 Å². The van der Waals surface area contributed by atoms with Crippen LogP contribution in [0.4, 0.5) is 0 Å². The van der Waals surface area contributed by atoms with Crippen LogP contribution < -0.4 is 4.74 Å². The zero-order valence-electron chi connectivity index (χ0n) is 10.8. The monoisotopic (exact) mass is 270 g/mol. The van der Waals surface area contributed by atoms with Crippen LogP contribution in [-0.4, -0.2) is 27.1 Å². The van der Waals surface area contributed by atoms with Crippen molar-refractivity contribution in [1.82, 2.24) is 0 Å². The highest BCUT2D eigenvalue weighted by Crippen LogP contribution is 2.16. The highest BCUT2D eigenvalue weighted by Gasteiger charge is 2.11. The van der Waals surface area contributed by atoms with E-state index in [0.717, 1.165) is 12.7 Å². The first-order chi connectivity index (χ1) is 8.34. The number of ether oxygens (including phenoxy) is 1. The maximum absolute atomic E-state index is 11.6. The van der Waals surface area contributed by atoms with Gasteiger partial charge in [0, 0.05) is 12.2 Å². The van der Waals surface area contributed by atoms with Gasteiger partial charge in [0.1, 0.15) is 12.4 Å². The van der Waals surface area contributed by atoms with Gasteiger partial charge in [-0.2, -0.15) is 0 Å². The molecule has 0 bridgehead atoms. The highest BCUT2D eigenvalue weighted by molar-refractivity contribution is 7.90. The number of benzene rings is 1. The molecule has 1 unspecified atom stereocenters. The Bertz CT molecular complexity index is 502. The molecule has 0 aliphatic heterocycles. The van der Waals surface area contributed by atoms with Crippen LogP contribution in [-0.2, 0) is 14.6 Å². The Labute approximate surface area is 108 Å². The van der Waals surface area contributed by atoms with E-state index in [2.05, 4.69) is 0 Å². The summed E-state index contributed by atoms with van der Waals surface area (Å²) >= 11 is 0. The summed E-state index contributed by atoms with van der Waals surface area (Å²) in [5.74, 6) is 0.532. The molecule has 100 valence electrons. The van der Waals surface area contributed by atoms with Crippen LogP contribution in [0, 0.1) is 5.92 Å². The minimum atomic E-state index is -3.19. The summed E-state index contributed by atoms with van der Waals surface area (Å²) in [7, 11) is -3.19. The molecule has 0 saturated carbocycles. The molecule has 1 atom stereocenters. The van der Waals surface area contributed by atoms with Gasteiger partial charge in [0.05, 0.1) is 4.90 Å². The van der Waals surface area contributed by atoms with E-state index >= 15 is 0 Å². The molecule has 0 radical (unpaired) electrons. The van der Waals surface area contributed by atoms with E-state index in [1.807, 2.05) is 13.8 Å². The Kier molecular flexibility index (Phi) is 4.90. The van der Waals surface area contributed by atoms with Crippen LogP contribution in [0.1, 0.15) is 20.3 Å². The van der Waals surface area contributed by atoms with Crippen molar-refractivity contribution in [2.45, 2.75) is 25.2 Å². The van der Waals surface area contributed by atoms with E-state index in [1.165, 1.54) is 12.1 Å². The Morgan fingerprint density at radius 3 is 2.28 bits per heavy atom. The van der Waals surface area contributed by atoms with Gasteiger partial charge in [0.15, 0.2) is 15.6 Å². The summed E-state index contributed by atoms with van der Waals surface area (Å²) in [6, 6.07) is 6.05. The topological polar surface area (TPSA) is 60.4 Å². The van der Waals surface area contributed by atoms with E-state index < -0.39 is 9.84 Å². The lowest BCUT2D eigenvalue weighted by atomic mass is 10.1. The van der Waals surface area contributed by atoms with Crippen LogP contribution in [0.25, 0.3) is 0 Å². The lowest BCUT2D eigenvalue weighted by Gasteiger charge is -2.09. The van der Waals surface area contributed by atoms with Gasteiger partial charge in [0.2, 0.25) is 0 Å². The number of hydrogen-bond acceptors (Lipinski definition) is 4. The number of carbonyl (C=O) groups is 1. The SMILES string of the molecule is CCC(C)C(=O)COc1ccc(S(C)(=O)=O)cc1. The number of ketones is 1. The van der Waals surface area contributed by atoms with Crippen molar-refractivity contribution in [3.63, 3.8) is 0 Å². The molecule has 0 aliphatic rings. The molecule has 18 heavy (non-hydrogen) atoms. The summed E-state index contributed by atoms with van der Waals surface area (Å²) in [5.41, 5.74) is 0. The van der Waals surface area contributed by atoms with E-state index in [9.17, 15) is 13.2 Å². The van der Waals surface area contributed by atoms with Crippen LogP contribution in [0.2, 0.25) is 0 Å². The minimum absolute atomic E-state index is 0.0136. The van der Waals surface area contributed by atoms with Crippen LogP contribution in [0.5, 0.6) is 5.75 Å². The molecule has 0 aromatic heterocycles. The maximum atomic E-state index is 11.6. The lowest BCUT2D eigenvalue weighted by molar-refractivity contribution is -0.124. The Morgan fingerprint density at radius 1 is 1.28 bits per heavy atom. The van der Waals surface area contributed by atoms with Crippen molar-refractivity contribution in [2.24, 2.45) is 5.92 Å². The fourth-order valence-electron chi connectivity index (χ4n) is 1.31. The molecule has 1 rings (SSSR count). The third-order valence-corrected chi connectivity index (χ3v) is 3.92. The number of sulfone groups is 1. The molecule has 0 saturated heterocycles. The molecule has 0 fully saturated rings. The summed E-state index contributed by atoms with van der Waals surface area (Å²) < 4.78 is 27.8. The summed E-state index contributed by atoms with van der Waals surface area (Å²) in [6.45, 7) is 3.83. The van der Waals surface area contributed by atoms with Gasteiger partial charge < -0.3 is 4.74 Å². The van der Waals surface area contributed by atoms with Gasteiger partial charge >= 0.3 is 0 Å². The highest BCUT2D eigenvalue weighted by atomic mass is 32.2. The molecule has 1 aromatic rings. The van der Waals surface area contributed by atoms with Crippen molar-refractivity contribution in [1.29, 1.82) is 0 Å². The summed E-state index contributed by atoms with van der Waals surface area (Å²) in [4.78, 5) is 11.8. The molecule has 1 aromatic carbocycles. The zero-order valence-corrected chi connectivity index (χ0v) is 11.7. The molecular formula is C13H18O4S. The first-order valence-corrected chi connectivity index (χ1v) is 7.69. The van der Waals surface area contributed by atoms with Crippen molar-refractivity contribution in [3.8, 4) is 5.75 Å². The molecule has 4 nitrogen and oxygen atoms in total. The summed E-state index contributed by atoms with van der Waals surface area (Å²) in [6.07, 6.45) is 1.94. The van der Waals surface area contributed by atoms with E-state index in [0.29, 0.717) is 5.75 Å². The minimum Gasteiger partial charge on any atom is -0.486 e. The predicted molar refractivity (Wildman–Crippen MR) is 69.5 cm³/mol. The number of hydrogen-bond donors (Lipinski definition) is 0. The van der Waals surface area contributed by atoms with Crippen LogP contribution >= 0.6 is 0 Å². The number of rotatable bonds is 6. The molecule has 0 spiro atoms. The fourth-order valence-corrected chi connectivity index (χ4v) is 1.94. The molecular weight excluding hydrogens is 252 g/mol. The van der Waals surface area contributed by atoms with Gasteiger partial charge in [-0.1, -0.05) is 13.8 Å². The Hall–Kier alpha value is -1.36. The van der Waals surface area contributed by atoms with Crippen LogP contribution in [0.3, 0.4) is 0 Å². The lowest BCUT2D eigenvalue weighted by Crippen LogP contribution is -2.18. The zero-order chi connectivity index (χ0) is 13.8. The second kappa shape index (κ2) is 6.00. The molecule has 0 aliphatic carbocycles. The maximum Gasteiger partial charge on any atom is 0.175 e. The number of Topliss-reactive ketones (excluding diaryl/α,β-unsaturated/α-hetero) is 1. The quantitative estimate of drug-likeness (QED) is 0.794. The Balaban J connectivity index is 2.63. The average molecular weight is 270 g/mol. The van der Waals surface area contributed by atoms with Crippen molar-refractivity contribution < 1.29 is 17.9 Å². The average Bonchev–Trinajstić information content (AvgIpc) is 2.34. The van der Waals surface area contributed by atoms with Gasteiger partial charge in [-0.15, -0.1) is 0 Å². The molecule has 5 heteroatoms. The fraction of sp³-hybridized carbons (Fsp3) is 0.462. The smallest absolute Gasteiger partial charge is 0.175 e. The van der Waals surface area contributed by atoms with Gasteiger partial charge in [0.25, 0.3) is 0 Å². The number of carbonyl (C=O) groups excluding carboxylic acids is 1. The van der Waals surface area contributed by atoms with Crippen molar-refractivity contribution >= 4 is 15.6 Å². The second-order valence-electron chi connectivity index (χ2n) is 4.31. The normalized spacial score (nSPS) is 13.1. The van der Waals surface area contributed by atoms with Crippen molar-refractivity contribution in [3.05, 3.63) is 24.3 Å². The molecule has 0 heterocycles. The largest absolute Gasteiger partial charge is 0.486 e. The predicted octanol–water partition coefficient (Wildman–Crippen LogP) is 2.08. The van der Waals surface area contributed by atoms with E-state index in [1.54, 1.807) is 12.1 Å². The third kappa shape index (κ3) is 4.14. The van der Waals surface area contributed by atoms with Gasteiger partial charge in [-0.05, 0) is 30.7 Å². The molecule has 0 amide bonds. The standard InChI is InChI=1S/C13H18O4S/c1-4-10(2)13(14)9-17-11-5-7-12(8-6-11)18(3,15)16/h5-8,10H,4,9H2,1-3H3. The second-order valence-corrected chi connectivity index (χ2v) is 6.32. The van der Waals surface area contributed by atoms with Crippen LogP contribution in [0.15, 0.2) is 29.2 Å². The first-order valence-electron chi connectivity index (χ1n) is 5.80. The van der Waals surface area contributed by atoms with Crippen molar-refractivity contribution in [2.75, 3.05) is 12.9 Å². The van der Waals surface area contributed by atoms with E-state index in [4.69, 9.17) is 4.74 Å².